The van der Waals surface area contributed by atoms with Gasteiger partial charge in [-0.15, -0.1) is 0 Å². The second-order valence-electron chi connectivity index (χ2n) is 4.92. The van der Waals surface area contributed by atoms with Crippen molar-refractivity contribution in [2.24, 2.45) is 0 Å². The van der Waals surface area contributed by atoms with Gasteiger partial charge in [0.25, 0.3) is 0 Å². The number of likely N-dealkylation sites (N-methyl/N-ethyl adjacent to an activating group) is 1. The van der Waals surface area contributed by atoms with E-state index in [-0.39, 0.29) is 24.1 Å². The molecule has 8 heteroatoms. The number of carbonyl (C=O) groups is 1. The van der Waals surface area contributed by atoms with E-state index >= 15 is 0 Å². The van der Waals surface area contributed by atoms with Gasteiger partial charge in [-0.05, 0) is 20.0 Å². The lowest BCUT2D eigenvalue weighted by atomic mass is 10.2. The summed E-state index contributed by atoms with van der Waals surface area (Å²) in [4.78, 5) is 24.1. The van der Waals surface area contributed by atoms with Gasteiger partial charge in [0.05, 0.1) is 4.92 Å². The van der Waals surface area contributed by atoms with Gasteiger partial charge in [-0.1, -0.05) is 13.8 Å². The normalized spacial score (nSPS) is 12.4. The van der Waals surface area contributed by atoms with E-state index in [0.29, 0.717) is 6.54 Å². The molecule has 0 aliphatic rings. The summed E-state index contributed by atoms with van der Waals surface area (Å²) in [6.07, 6.45) is 2.76. The fourth-order valence-corrected chi connectivity index (χ4v) is 2.05. The molecule has 0 unspecified atom stereocenters. The molecule has 0 bridgehead atoms. The van der Waals surface area contributed by atoms with E-state index in [9.17, 15) is 14.9 Å². The molecule has 0 radical (unpaired) electrons. The predicted molar refractivity (Wildman–Crippen MR) is 78.9 cm³/mol. The van der Waals surface area contributed by atoms with Crippen LogP contribution in [0, 0.1) is 10.1 Å². The summed E-state index contributed by atoms with van der Waals surface area (Å²) in [6, 6.07) is 0.0735. The van der Waals surface area contributed by atoms with Crippen molar-refractivity contribution in [3.05, 3.63) is 22.5 Å². The summed E-state index contributed by atoms with van der Waals surface area (Å²) in [5.41, 5.74) is -0.0645. The zero-order valence-corrected chi connectivity index (χ0v) is 12.8. The fourth-order valence-electron chi connectivity index (χ4n) is 2.05. The molecule has 0 saturated heterocycles. The summed E-state index contributed by atoms with van der Waals surface area (Å²) in [6.45, 7) is 9.19. The second kappa shape index (κ2) is 8.35. The summed E-state index contributed by atoms with van der Waals surface area (Å²) < 4.78 is 1.41. The van der Waals surface area contributed by atoms with Crippen molar-refractivity contribution in [2.45, 2.75) is 39.8 Å². The van der Waals surface area contributed by atoms with Crippen LogP contribution in [0.2, 0.25) is 0 Å². The average molecular weight is 297 g/mol. The van der Waals surface area contributed by atoms with Gasteiger partial charge in [-0.2, -0.15) is 5.10 Å². The van der Waals surface area contributed by atoms with Crippen molar-refractivity contribution in [2.75, 3.05) is 19.6 Å². The number of hydrogen-bond acceptors (Lipinski definition) is 5. The number of aryl methyl sites for hydroxylation is 1. The fraction of sp³-hybridized carbons (Fsp3) is 0.692. The van der Waals surface area contributed by atoms with Gasteiger partial charge in [-0.3, -0.25) is 19.6 Å². The standard InChI is InChI=1S/C13H23N5O3/c1-4-16(5-2)9-11(3)15-13(19)6-7-17-10-12(8-14-17)18(20)21/h8,10-11H,4-7,9H2,1-3H3,(H,15,19)/t11-/m0/s1. The van der Waals surface area contributed by atoms with Crippen molar-refractivity contribution in [3.8, 4) is 0 Å². The van der Waals surface area contributed by atoms with Crippen LogP contribution in [0.15, 0.2) is 12.4 Å². The SMILES string of the molecule is CCN(CC)C[C@H](C)NC(=O)CCn1cc([N+](=O)[O-])cn1. The van der Waals surface area contributed by atoms with Crippen LogP contribution >= 0.6 is 0 Å². The first-order valence-corrected chi connectivity index (χ1v) is 7.14. The number of rotatable bonds is 9. The van der Waals surface area contributed by atoms with Crippen LogP contribution in [0.25, 0.3) is 0 Å². The van der Waals surface area contributed by atoms with Crippen molar-refractivity contribution >= 4 is 11.6 Å². The van der Waals surface area contributed by atoms with Gasteiger partial charge < -0.3 is 10.2 Å². The Morgan fingerprint density at radius 3 is 2.71 bits per heavy atom. The molecule has 21 heavy (non-hydrogen) atoms. The maximum absolute atomic E-state index is 11.8. The van der Waals surface area contributed by atoms with Gasteiger partial charge in [0.15, 0.2) is 0 Å². The van der Waals surface area contributed by atoms with Gasteiger partial charge in [-0.25, -0.2) is 0 Å². The summed E-state index contributed by atoms with van der Waals surface area (Å²) >= 11 is 0. The molecule has 0 fully saturated rings. The summed E-state index contributed by atoms with van der Waals surface area (Å²) in [5, 5.41) is 17.3. The first kappa shape index (κ1) is 17.1. The van der Waals surface area contributed by atoms with Crippen LogP contribution < -0.4 is 5.32 Å². The van der Waals surface area contributed by atoms with Crippen molar-refractivity contribution in [1.29, 1.82) is 0 Å². The number of nitro groups is 1. The Balaban J connectivity index is 2.34. The Kier molecular flexibility index (Phi) is 6.80. The molecule has 8 nitrogen and oxygen atoms in total. The Morgan fingerprint density at radius 2 is 2.19 bits per heavy atom. The smallest absolute Gasteiger partial charge is 0.306 e. The zero-order chi connectivity index (χ0) is 15.8. The van der Waals surface area contributed by atoms with E-state index in [0.717, 1.165) is 19.6 Å². The molecule has 1 rings (SSSR count). The summed E-state index contributed by atoms with van der Waals surface area (Å²) in [5.74, 6) is -0.0761. The van der Waals surface area contributed by atoms with Crippen LogP contribution in [0.3, 0.4) is 0 Å². The third-order valence-electron chi connectivity index (χ3n) is 3.23. The molecule has 1 aromatic rings. The molecule has 0 aromatic carbocycles. The maximum Gasteiger partial charge on any atom is 0.306 e. The van der Waals surface area contributed by atoms with E-state index in [2.05, 4.69) is 29.2 Å². The quantitative estimate of drug-likeness (QED) is 0.542. The summed E-state index contributed by atoms with van der Waals surface area (Å²) in [7, 11) is 0. The highest BCUT2D eigenvalue weighted by molar-refractivity contribution is 5.76. The lowest BCUT2D eigenvalue weighted by molar-refractivity contribution is -0.385. The van der Waals surface area contributed by atoms with Crippen molar-refractivity contribution in [3.63, 3.8) is 0 Å². The molecule has 1 atom stereocenters. The van der Waals surface area contributed by atoms with Crippen molar-refractivity contribution < 1.29 is 9.72 Å². The topological polar surface area (TPSA) is 93.3 Å². The molecule has 1 N–H and O–H groups in total. The maximum atomic E-state index is 11.8. The second-order valence-corrected chi connectivity index (χ2v) is 4.92. The average Bonchev–Trinajstić information content (AvgIpc) is 2.91. The Morgan fingerprint density at radius 1 is 1.52 bits per heavy atom. The minimum Gasteiger partial charge on any atom is -0.352 e. The van der Waals surface area contributed by atoms with Crippen LogP contribution in [0.5, 0.6) is 0 Å². The molecular formula is C13H23N5O3. The van der Waals surface area contributed by atoms with Crippen LogP contribution in [0.4, 0.5) is 5.69 Å². The van der Waals surface area contributed by atoms with E-state index in [1.807, 2.05) is 6.92 Å². The van der Waals surface area contributed by atoms with E-state index < -0.39 is 4.92 Å². The number of hydrogen-bond donors (Lipinski definition) is 1. The molecular weight excluding hydrogens is 274 g/mol. The molecule has 0 saturated carbocycles. The Labute approximate surface area is 124 Å². The van der Waals surface area contributed by atoms with E-state index in [4.69, 9.17) is 0 Å². The molecule has 1 heterocycles. The number of aromatic nitrogens is 2. The van der Waals surface area contributed by atoms with Gasteiger partial charge in [0, 0.05) is 25.6 Å². The van der Waals surface area contributed by atoms with E-state index in [1.54, 1.807) is 0 Å². The van der Waals surface area contributed by atoms with Gasteiger partial charge in [0.1, 0.15) is 12.4 Å². The highest BCUT2D eigenvalue weighted by Gasteiger charge is 2.12. The Bertz CT molecular complexity index is 470. The minimum absolute atomic E-state index is 0.0645. The third kappa shape index (κ3) is 5.90. The molecule has 1 amide bonds. The van der Waals surface area contributed by atoms with E-state index in [1.165, 1.54) is 17.1 Å². The lowest BCUT2D eigenvalue weighted by Gasteiger charge is -2.23. The highest BCUT2D eigenvalue weighted by Crippen LogP contribution is 2.07. The highest BCUT2D eigenvalue weighted by atomic mass is 16.6. The molecule has 118 valence electrons. The molecule has 1 aromatic heterocycles. The zero-order valence-electron chi connectivity index (χ0n) is 12.8. The predicted octanol–water partition coefficient (Wildman–Crippen LogP) is 1.03. The van der Waals surface area contributed by atoms with Crippen LogP contribution in [-0.4, -0.2) is 51.2 Å². The number of nitrogens with one attached hydrogen (secondary N) is 1. The monoisotopic (exact) mass is 297 g/mol. The first-order valence-electron chi connectivity index (χ1n) is 7.14. The largest absolute Gasteiger partial charge is 0.352 e. The first-order chi connectivity index (χ1) is 9.96. The lowest BCUT2D eigenvalue weighted by Crippen LogP contribution is -2.42. The number of amides is 1. The minimum atomic E-state index is -0.504. The van der Waals surface area contributed by atoms with Crippen LogP contribution in [0.1, 0.15) is 27.2 Å². The Hall–Kier alpha value is -1.96. The van der Waals surface area contributed by atoms with Gasteiger partial charge >= 0.3 is 5.69 Å². The number of nitrogens with zero attached hydrogens (tertiary/aromatic N) is 4. The molecule has 0 spiro atoms. The van der Waals surface area contributed by atoms with Crippen molar-refractivity contribution in [1.82, 2.24) is 20.0 Å². The molecule has 0 aliphatic heterocycles. The third-order valence-corrected chi connectivity index (χ3v) is 3.23. The van der Waals surface area contributed by atoms with Crippen LogP contribution in [-0.2, 0) is 11.3 Å². The van der Waals surface area contributed by atoms with Gasteiger partial charge in [0.2, 0.25) is 5.91 Å². The number of carbonyl (C=O) groups excluding carboxylic acids is 1. The molecule has 0 aliphatic carbocycles.